The van der Waals surface area contributed by atoms with E-state index < -0.39 is 48.5 Å². The molecule has 3 N–H and O–H groups in total. The van der Waals surface area contributed by atoms with Crippen molar-refractivity contribution >= 4 is 23.7 Å². The summed E-state index contributed by atoms with van der Waals surface area (Å²) >= 11 is 0. The zero-order valence-corrected chi connectivity index (χ0v) is 21.5. The number of pyridine rings is 1. The van der Waals surface area contributed by atoms with Gasteiger partial charge < -0.3 is 20.4 Å². The van der Waals surface area contributed by atoms with Crippen molar-refractivity contribution in [3.8, 4) is 22.6 Å². The van der Waals surface area contributed by atoms with E-state index in [1.54, 1.807) is 12.1 Å². The number of nitrogens with two attached hydrogens (primary N) is 1. The molecule has 2 aromatic carbocycles. The lowest BCUT2D eigenvalue weighted by Gasteiger charge is -2.38. The summed E-state index contributed by atoms with van der Waals surface area (Å²) < 4.78 is 73.6. The van der Waals surface area contributed by atoms with E-state index in [0.29, 0.717) is 16.9 Å². The Kier molecular flexibility index (Phi) is 7.45. The first-order chi connectivity index (χ1) is 19.9. The average Bonchev–Trinajstić information content (AvgIpc) is 3.42. The monoisotopic (exact) mass is 584 g/mol. The Morgan fingerprint density at radius 2 is 1.74 bits per heavy atom. The molecule has 1 aliphatic rings. The van der Waals surface area contributed by atoms with E-state index in [1.807, 2.05) is 0 Å². The van der Waals surface area contributed by atoms with E-state index in [-0.39, 0.29) is 29.1 Å². The Labute approximate surface area is 234 Å². The summed E-state index contributed by atoms with van der Waals surface area (Å²) in [6, 6.07) is 12.3. The number of anilines is 1. The van der Waals surface area contributed by atoms with Gasteiger partial charge in [-0.1, -0.05) is 18.2 Å². The number of amides is 2. The average molecular weight is 585 g/mol. The number of halogens is 5. The minimum Gasteiger partial charge on any atom is -0.419 e. The maximum absolute atomic E-state index is 14.0. The van der Waals surface area contributed by atoms with Gasteiger partial charge in [-0.25, -0.2) is 13.8 Å². The Bertz CT molecular complexity index is 1640. The lowest BCUT2D eigenvalue weighted by atomic mass is 9.97. The molecule has 0 unspecified atom stereocenters. The molecule has 4 aromatic rings. The van der Waals surface area contributed by atoms with E-state index in [0.717, 1.165) is 11.0 Å². The number of likely N-dealkylation sites (tertiary alicyclic amines) is 1. The lowest BCUT2D eigenvalue weighted by molar-refractivity contribution is -0.137. The second kappa shape index (κ2) is 11.0. The molecule has 3 heterocycles. The standard InChI is InChI=1S/C28H21F5N6O3/c29-27(30)14-39(15-27)26(41)18-5-3-17(4-6-18)19-7-8-20(21(11-19)28(31,32)33)25-38-37-24(42-25)13-36-23(40)10-2-16-1-9-22(34)35-12-16/h1-12H,13-15H2,(H2,34,35)(H,36,40)/b10-2+. The van der Waals surface area contributed by atoms with Gasteiger partial charge >= 0.3 is 6.18 Å². The fourth-order valence-corrected chi connectivity index (χ4v) is 4.13. The van der Waals surface area contributed by atoms with Crippen LogP contribution in [-0.2, 0) is 17.5 Å². The molecule has 5 rings (SSSR count). The van der Waals surface area contributed by atoms with Crippen molar-refractivity contribution in [2.45, 2.75) is 18.6 Å². The Balaban J connectivity index is 1.28. The normalized spacial score (nSPS) is 14.5. The number of benzene rings is 2. The van der Waals surface area contributed by atoms with E-state index >= 15 is 0 Å². The van der Waals surface area contributed by atoms with E-state index in [2.05, 4.69) is 20.5 Å². The summed E-state index contributed by atoms with van der Waals surface area (Å²) in [6.07, 6.45) is -0.578. The van der Waals surface area contributed by atoms with Crippen LogP contribution in [0.15, 0.2) is 71.3 Å². The van der Waals surface area contributed by atoms with Crippen LogP contribution in [0, 0.1) is 0 Å². The molecule has 0 bridgehead atoms. The molecule has 42 heavy (non-hydrogen) atoms. The van der Waals surface area contributed by atoms with Crippen LogP contribution in [0.25, 0.3) is 28.7 Å². The molecule has 1 aliphatic heterocycles. The van der Waals surface area contributed by atoms with Crippen LogP contribution in [0.3, 0.4) is 0 Å². The van der Waals surface area contributed by atoms with Crippen molar-refractivity contribution in [1.29, 1.82) is 0 Å². The first-order valence-corrected chi connectivity index (χ1v) is 12.4. The highest BCUT2D eigenvalue weighted by atomic mass is 19.4. The van der Waals surface area contributed by atoms with Crippen molar-refractivity contribution < 1.29 is 36.0 Å². The van der Waals surface area contributed by atoms with E-state index in [4.69, 9.17) is 10.2 Å². The summed E-state index contributed by atoms with van der Waals surface area (Å²) in [5.41, 5.74) is 5.44. The van der Waals surface area contributed by atoms with Crippen LogP contribution in [-0.4, -0.2) is 50.9 Å². The molecule has 0 aliphatic carbocycles. The predicted molar refractivity (Wildman–Crippen MR) is 141 cm³/mol. The van der Waals surface area contributed by atoms with Gasteiger partial charge in [-0.05, 0) is 59.2 Å². The van der Waals surface area contributed by atoms with E-state index in [9.17, 15) is 31.5 Å². The maximum Gasteiger partial charge on any atom is 0.417 e. The summed E-state index contributed by atoms with van der Waals surface area (Å²) in [7, 11) is 0. The van der Waals surface area contributed by atoms with Gasteiger partial charge in [-0.3, -0.25) is 9.59 Å². The topological polar surface area (TPSA) is 127 Å². The molecule has 14 heteroatoms. The number of hydrogen-bond acceptors (Lipinski definition) is 7. The third-order valence-corrected chi connectivity index (χ3v) is 6.27. The fourth-order valence-electron chi connectivity index (χ4n) is 4.13. The van der Waals surface area contributed by atoms with Gasteiger partial charge in [0.2, 0.25) is 17.7 Å². The highest BCUT2D eigenvalue weighted by Gasteiger charge is 2.46. The molecule has 9 nitrogen and oxygen atoms in total. The Hall–Kier alpha value is -5.14. The largest absolute Gasteiger partial charge is 0.419 e. The van der Waals surface area contributed by atoms with Crippen LogP contribution in [0.4, 0.5) is 27.8 Å². The number of nitrogens with one attached hydrogen (secondary N) is 1. The molecule has 0 spiro atoms. The quantitative estimate of drug-likeness (QED) is 0.236. The van der Waals surface area contributed by atoms with Gasteiger partial charge in [-0.15, -0.1) is 10.2 Å². The number of carbonyl (C=O) groups excluding carboxylic acids is 2. The Morgan fingerprint density at radius 3 is 2.38 bits per heavy atom. The number of alkyl halides is 5. The van der Waals surface area contributed by atoms with Crippen molar-refractivity contribution in [3.05, 3.63) is 89.5 Å². The fraction of sp³-hybridized carbons (Fsp3) is 0.179. The molecule has 0 atom stereocenters. The van der Waals surface area contributed by atoms with Gasteiger partial charge in [0.05, 0.1) is 30.8 Å². The summed E-state index contributed by atoms with van der Waals surface area (Å²) in [6.45, 7) is -1.57. The maximum atomic E-state index is 14.0. The van der Waals surface area contributed by atoms with Crippen molar-refractivity contribution in [1.82, 2.24) is 25.4 Å². The predicted octanol–water partition coefficient (Wildman–Crippen LogP) is 4.82. The molecular weight excluding hydrogens is 563 g/mol. The van der Waals surface area contributed by atoms with Crippen LogP contribution >= 0.6 is 0 Å². The number of aromatic nitrogens is 3. The van der Waals surface area contributed by atoms with Crippen LogP contribution in [0.2, 0.25) is 0 Å². The van der Waals surface area contributed by atoms with Crippen molar-refractivity contribution in [2.75, 3.05) is 18.8 Å². The van der Waals surface area contributed by atoms with Gasteiger partial charge in [0.15, 0.2) is 0 Å². The minimum atomic E-state index is -4.78. The molecule has 216 valence electrons. The molecule has 1 saturated heterocycles. The number of nitrogen functional groups attached to an aromatic ring is 1. The first kappa shape index (κ1) is 28.4. The molecular formula is C28H21F5N6O3. The smallest absolute Gasteiger partial charge is 0.417 e. The zero-order chi connectivity index (χ0) is 30.1. The summed E-state index contributed by atoms with van der Waals surface area (Å²) in [4.78, 5) is 29.3. The molecule has 1 fully saturated rings. The summed E-state index contributed by atoms with van der Waals surface area (Å²) in [5.74, 6) is -4.19. The highest BCUT2D eigenvalue weighted by molar-refractivity contribution is 5.95. The third-order valence-electron chi connectivity index (χ3n) is 6.27. The lowest BCUT2D eigenvalue weighted by Crippen LogP contribution is -2.58. The van der Waals surface area contributed by atoms with Gasteiger partial charge in [-0.2, -0.15) is 13.2 Å². The third kappa shape index (κ3) is 6.43. The zero-order valence-electron chi connectivity index (χ0n) is 21.5. The van der Waals surface area contributed by atoms with Gasteiger partial charge in [0.1, 0.15) is 5.82 Å². The second-order valence-electron chi connectivity index (χ2n) is 9.42. The SMILES string of the molecule is Nc1ccc(/C=C/C(=O)NCc2nnc(-c3ccc(-c4ccc(C(=O)N5CC(F)(F)C5)cc4)cc3C(F)(F)F)o2)cn1. The highest BCUT2D eigenvalue weighted by Crippen LogP contribution is 2.39. The first-order valence-electron chi connectivity index (χ1n) is 12.4. The van der Waals surface area contributed by atoms with Crippen LogP contribution in [0.5, 0.6) is 0 Å². The minimum absolute atomic E-state index is 0.113. The van der Waals surface area contributed by atoms with Crippen LogP contribution < -0.4 is 11.1 Å². The van der Waals surface area contributed by atoms with Crippen molar-refractivity contribution in [3.63, 3.8) is 0 Å². The second-order valence-corrected chi connectivity index (χ2v) is 9.42. The Morgan fingerprint density at radius 1 is 1.02 bits per heavy atom. The summed E-state index contributed by atoms with van der Waals surface area (Å²) in [5, 5.41) is 9.94. The molecule has 0 saturated carbocycles. The molecule has 2 amide bonds. The van der Waals surface area contributed by atoms with Crippen LogP contribution in [0.1, 0.15) is 27.4 Å². The van der Waals surface area contributed by atoms with Crippen molar-refractivity contribution in [2.24, 2.45) is 0 Å². The number of carbonyl (C=O) groups is 2. The number of nitrogens with zero attached hydrogens (tertiary/aromatic N) is 4. The molecule has 2 aromatic heterocycles. The number of hydrogen-bond donors (Lipinski definition) is 2. The van der Waals surface area contributed by atoms with Gasteiger partial charge in [0, 0.05) is 17.8 Å². The number of rotatable bonds is 7. The van der Waals surface area contributed by atoms with E-state index in [1.165, 1.54) is 54.7 Å². The van der Waals surface area contributed by atoms with Gasteiger partial charge in [0.25, 0.3) is 11.8 Å². The molecule has 0 radical (unpaired) electrons.